The molecule has 0 radical (unpaired) electrons. The summed E-state index contributed by atoms with van der Waals surface area (Å²) in [7, 11) is 1.70. The zero-order chi connectivity index (χ0) is 15.8. The summed E-state index contributed by atoms with van der Waals surface area (Å²) < 4.78 is 5.12. The van der Waals surface area contributed by atoms with Crippen LogP contribution in [-0.4, -0.2) is 55.5 Å². The van der Waals surface area contributed by atoms with Crippen molar-refractivity contribution in [2.24, 2.45) is 5.41 Å². The highest BCUT2D eigenvalue weighted by atomic mass is 16.5. The lowest BCUT2D eigenvalue weighted by Gasteiger charge is -2.42. The quantitative estimate of drug-likeness (QED) is 0.741. The Morgan fingerprint density at radius 1 is 1.32 bits per heavy atom. The number of methoxy groups -OCH3 is 1. The lowest BCUT2D eigenvalue weighted by Crippen LogP contribution is -2.53. The molecular formula is C17H32N2O3. The van der Waals surface area contributed by atoms with Crippen LogP contribution >= 0.6 is 0 Å². The second kappa shape index (κ2) is 8.73. The highest BCUT2D eigenvalue weighted by Gasteiger charge is 2.36. The SMILES string of the molecule is COCCCC1(CO)CCCN(C(=O)NC2CCCCC2)C1. The molecule has 5 nitrogen and oxygen atoms in total. The van der Waals surface area contributed by atoms with E-state index in [1.54, 1.807) is 7.11 Å². The predicted molar refractivity (Wildman–Crippen MR) is 86.8 cm³/mol. The minimum Gasteiger partial charge on any atom is -0.396 e. The van der Waals surface area contributed by atoms with Crippen molar-refractivity contribution in [2.75, 3.05) is 33.4 Å². The normalized spacial score (nSPS) is 26.9. The molecule has 1 heterocycles. The third-order valence-electron chi connectivity index (χ3n) is 5.27. The monoisotopic (exact) mass is 312 g/mol. The number of nitrogens with zero attached hydrogens (tertiary/aromatic N) is 1. The van der Waals surface area contributed by atoms with Crippen LogP contribution in [0.4, 0.5) is 4.79 Å². The first-order valence-electron chi connectivity index (χ1n) is 8.84. The summed E-state index contributed by atoms with van der Waals surface area (Å²) in [6, 6.07) is 0.413. The summed E-state index contributed by atoms with van der Waals surface area (Å²) in [5.74, 6) is 0. The molecule has 1 atom stereocenters. The van der Waals surface area contributed by atoms with Gasteiger partial charge in [-0.25, -0.2) is 4.79 Å². The number of nitrogens with one attached hydrogen (secondary N) is 1. The molecule has 2 aliphatic rings. The topological polar surface area (TPSA) is 61.8 Å². The van der Waals surface area contributed by atoms with E-state index in [2.05, 4.69) is 5.32 Å². The third-order valence-corrected chi connectivity index (χ3v) is 5.27. The van der Waals surface area contributed by atoms with Crippen molar-refractivity contribution in [1.82, 2.24) is 10.2 Å². The first-order chi connectivity index (χ1) is 10.7. The molecule has 2 rings (SSSR count). The minimum absolute atomic E-state index is 0.0659. The number of urea groups is 1. The van der Waals surface area contributed by atoms with E-state index in [0.29, 0.717) is 12.6 Å². The molecule has 0 aromatic heterocycles. The Bertz CT molecular complexity index is 345. The number of ether oxygens (including phenoxy) is 1. The van der Waals surface area contributed by atoms with Crippen LogP contribution in [0.5, 0.6) is 0 Å². The van der Waals surface area contributed by atoms with E-state index in [-0.39, 0.29) is 18.1 Å². The number of likely N-dealkylation sites (tertiary alicyclic amines) is 1. The average Bonchev–Trinajstić information content (AvgIpc) is 2.56. The Balaban J connectivity index is 1.85. The number of hydrogen-bond donors (Lipinski definition) is 2. The minimum atomic E-state index is -0.138. The van der Waals surface area contributed by atoms with Crippen molar-refractivity contribution < 1.29 is 14.6 Å². The number of rotatable bonds is 6. The van der Waals surface area contributed by atoms with Crippen LogP contribution in [0.3, 0.4) is 0 Å². The number of carbonyl (C=O) groups is 1. The summed E-state index contributed by atoms with van der Waals surface area (Å²) in [6.07, 6.45) is 9.80. The number of carbonyl (C=O) groups excluding carboxylic acids is 1. The summed E-state index contributed by atoms with van der Waals surface area (Å²) >= 11 is 0. The molecule has 2 fully saturated rings. The highest BCUT2D eigenvalue weighted by Crippen LogP contribution is 2.34. The first kappa shape index (κ1) is 17.5. The van der Waals surface area contributed by atoms with Crippen LogP contribution < -0.4 is 5.32 Å². The molecular weight excluding hydrogens is 280 g/mol. The smallest absolute Gasteiger partial charge is 0.317 e. The molecule has 5 heteroatoms. The van der Waals surface area contributed by atoms with E-state index >= 15 is 0 Å². The van der Waals surface area contributed by atoms with Crippen molar-refractivity contribution in [2.45, 2.75) is 63.8 Å². The van der Waals surface area contributed by atoms with Gasteiger partial charge in [-0.15, -0.1) is 0 Å². The van der Waals surface area contributed by atoms with E-state index < -0.39 is 0 Å². The number of aliphatic hydroxyl groups is 1. The van der Waals surface area contributed by atoms with E-state index in [1.165, 1.54) is 19.3 Å². The van der Waals surface area contributed by atoms with Crippen molar-refractivity contribution in [1.29, 1.82) is 0 Å². The van der Waals surface area contributed by atoms with Crippen LogP contribution in [-0.2, 0) is 4.74 Å². The lowest BCUT2D eigenvalue weighted by atomic mass is 9.77. The summed E-state index contributed by atoms with van der Waals surface area (Å²) in [4.78, 5) is 14.4. The summed E-state index contributed by atoms with van der Waals surface area (Å²) in [6.45, 7) is 2.36. The Morgan fingerprint density at radius 3 is 2.77 bits per heavy atom. The number of amides is 2. The van der Waals surface area contributed by atoms with Gasteiger partial charge in [0.25, 0.3) is 0 Å². The second-order valence-electron chi connectivity index (χ2n) is 7.06. The first-order valence-corrected chi connectivity index (χ1v) is 8.84. The Hall–Kier alpha value is -0.810. The Morgan fingerprint density at radius 2 is 2.09 bits per heavy atom. The maximum Gasteiger partial charge on any atom is 0.317 e. The Kier molecular flexibility index (Phi) is 6.96. The van der Waals surface area contributed by atoms with Gasteiger partial charge < -0.3 is 20.1 Å². The van der Waals surface area contributed by atoms with E-state index in [4.69, 9.17) is 4.74 Å². The molecule has 2 N–H and O–H groups in total. The van der Waals surface area contributed by atoms with Crippen LogP contribution in [0, 0.1) is 5.41 Å². The van der Waals surface area contributed by atoms with E-state index in [0.717, 1.165) is 51.7 Å². The standard InChI is InChI=1S/C17H32N2O3/c1-22-12-6-10-17(14-20)9-5-11-19(13-17)16(21)18-15-7-3-2-4-8-15/h15,20H,2-14H2,1H3,(H,18,21). The molecule has 22 heavy (non-hydrogen) atoms. The Labute approximate surface area is 134 Å². The second-order valence-corrected chi connectivity index (χ2v) is 7.06. The van der Waals surface area contributed by atoms with Gasteiger partial charge in [0.05, 0.1) is 6.61 Å². The molecule has 1 saturated carbocycles. The van der Waals surface area contributed by atoms with Crippen molar-refractivity contribution >= 4 is 6.03 Å². The van der Waals surface area contributed by atoms with E-state index in [9.17, 15) is 9.90 Å². The fourth-order valence-corrected chi connectivity index (χ4v) is 3.90. The molecule has 1 aliphatic heterocycles. The molecule has 1 aliphatic carbocycles. The van der Waals surface area contributed by atoms with Crippen molar-refractivity contribution in [3.05, 3.63) is 0 Å². The zero-order valence-corrected chi connectivity index (χ0v) is 14.0. The maximum absolute atomic E-state index is 12.5. The van der Waals surface area contributed by atoms with Crippen molar-refractivity contribution in [3.8, 4) is 0 Å². The van der Waals surface area contributed by atoms with Gasteiger partial charge in [0.15, 0.2) is 0 Å². The lowest BCUT2D eigenvalue weighted by molar-refractivity contribution is 0.0321. The number of piperidine rings is 1. The van der Waals surface area contributed by atoms with Crippen LogP contribution in [0.1, 0.15) is 57.8 Å². The van der Waals surface area contributed by atoms with Gasteiger partial charge in [-0.2, -0.15) is 0 Å². The van der Waals surface area contributed by atoms with Gasteiger partial charge in [-0.1, -0.05) is 19.3 Å². The fraction of sp³-hybridized carbons (Fsp3) is 0.941. The molecule has 1 saturated heterocycles. The molecule has 0 bridgehead atoms. The predicted octanol–water partition coefficient (Wildman–Crippen LogP) is 2.53. The van der Waals surface area contributed by atoms with Gasteiger partial charge in [-0.3, -0.25) is 0 Å². The molecule has 2 amide bonds. The van der Waals surface area contributed by atoms with Crippen LogP contribution in [0.25, 0.3) is 0 Å². The summed E-state index contributed by atoms with van der Waals surface area (Å²) in [5, 5.41) is 13.1. The zero-order valence-electron chi connectivity index (χ0n) is 14.0. The van der Waals surface area contributed by atoms with Crippen LogP contribution in [0.2, 0.25) is 0 Å². The molecule has 1 unspecified atom stereocenters. The van der Waals surface area contributed by atoms with Gasteiger partial charge in [0, 0.05) is 38.3 Å². The maximum atomic E-state index is 12.5. The van der Waals surface area contributed by atoms with Gasteiger partial charge >= 0.3 is 6.03 Å². The number of hydrogen-bond acceptors (Lipinski definition) is 3. The fourth-order valence-electron chi connectivity index (χ4n) is 3.90. The largest absolute Gasteiger partial charge is 0.396 e. The average molecular weight is 312 g/mol. The number of aliphatic hydroxyl groups excluding tert-OH is 1. The molecule has 0 aromatic carbocycles. The van der Waals surface area contributed by atoms with Gasteiger partial charge in [0.2, 0.25) is 0 Å². The molecule has 128 valence electrons. The summed E-state index contributed by atoms with van der Waals surface area (Å²) in [5.41, 5.74) is -0.138. The van der Waals surface area contributed by atoms with Crippen LogP contribution in [0.15, 0.2) is 0 Å². The third kappa shape index (κ3) is 4.85. The highest BCUT2D eigenvalue weighted by molar-refractivity contribution is 5.74. The van der Waals surface area contributed by atoms with E-state index in [1.807, 2.05) is 4.90 Å². The van der Waals surface area contributed by atoms with Gasteiger partial charge in [0.1, 0.15) is 0 Å². The van der Waals surface area contributed by atoms with Crippen molar-refractivity contribution in [3.63, 3.8) is 0 Å². The van der Waals surface area contributed by atoms with Gasteiger partial charge in [-0.05, 0) is 38.5 Å². The molecule has 0 spiro atoms. The molecule has 0 aromatic rings.